The first-order valence-electron chi connectivity index (χ1n) is 17.5. The second-order valence-electron chi connectivity index (χ2n) is 13.7. The average Bonchev–Trinajstić information content (AvgIpc) is 3.12. The van der Waals surface area contributed by atoms with Crippen LogP contribution in [0.4, 0.5) is 0 Å². The molecule has 1 aromatic rings. The lowest BCUT2D eigenvalue weighted by Gasteiger charge is -2.47. The van der Waals surface area contributed by atoms with Crippen molar-refractivity contribution in [3.05, 3.63) is 34.9 Å². The Bertz CT molecular complexity index is 1270. The van der Waals surface area contributed by atoms with Crippen LogP contribution in [0, 0.1) is 5.92 Å². The molecule has 16 nitrogen and oxygen atoms in total. The molecule has 0 spiro atoms. The summed E-state index contributed by atoms with van der Waals surface area (Å²) in [4.78, 5) is 25.2. The van der Waals surface area contributed by atoms with Crippen molar-refractivity contribution in [2.75, 3.05) is 19.8 Å². The van der Waals surface area contributed by atoms with Gasteiger partial charge in [0.1, 0.15) is 54.9 Å². The monoisotopic (exact) mass is 747 g/mol. The highest BCUT2D eigenvalue weighted by Gasteiger charge is 2.51. The van der Waals surface area contributed by atoms with E-state index in [-0.39, 0.29) is 31.9 Å². The van der Waals surface area contributed by atoms with Crippen molar-refractivity contribution >= 4 is 23.5 Å². The molecule has 0 radical (unpaired) electrons. The number of carbonyl (C=O) groups is 2. The summed E-state index contributed by atoms with van der Waals surface area (Å²) in [6.45, 7) is 0.724. The fourth-order valence-corrected chi connectivity index (χ4v) is 7.26. The molecule has 8 N–H and O–H groups in total. The minimum absolute atomic E-state index is 0.0785. The summed E-state index contributed by atoms with van der Waals surface area (Å²) in [6.07, 6.45) is -14.3. The quantitative estimate of drug-likeness (QED) is 0.129. The van der Waals surface area contributed by atoms with Gasteiger partial charge in [-0.25, -0.2) is 4.79 Å². The average molecular weight is 748 g/mol. The van der Waals surface area contributed by atoms with E-state index in [2.05, 4.69) is 5.32 Å². The number of rotatable bonds is 13. The minimum Gasteiger partial charge on any atom is -0.479 e. The van der Waals surface area contributed by atoms with Crippen molar-refractivity contribution in [3.8, 4) is 0 Å². The molecule has 17 heteroatoms. The Morgan fingerprint density at radius 1 is 0.863 bits per heavy atom. The maximum Gasteiger partial charge on any atom is 0.332 e. The van der Waals surface area contributed by atoms with Gasteiger partial charge in [-0.05, 0) is 49.9 Å². The van der Waals surface area contributed by atoms with Crippen molar-refractivity contribution in [1.29, 1.82) is 0 Å². The van der Waals surface area contributed by atoms with Crippen LogP contribution in [0.5, 0.6) is 0 Å². The fourth-order valence-electron chi connectivity index (χ4n) is 7.14. The lowest BCUT2D eigenvalue weighted by molar-refractivity contribution is -0.355. The third kappa shape index (κ3) is 9.94. The molecule has 0 aromatic heterocycles. The lowest BCUT2D eigenvalue weighted by atomic mass is 9.85. The number of carboxylic acids is 1. The Morgan fingerprint density at radius 3 is 2.22 bits per heavy atom. The zero-order valence-electron chi connectivity index (χ0n) is 28.3. The zero-order valence-corrected chi connectivity index (χ0v) is 29.1. The van der Waals surface area contributed by atoms with E-state index >= 15 is 0 Å². The second-order valence-corrected chi connectivity index (χ2v) is 14.2. The number of aliphatic hydroxyl groups excluding tert-OH is 6. The maximum atomic E-state index is 12.9. The van der Waals surface area contributed by atoms with E-state index in [1.54, 1.807) is 12.1 Å². The Labute approximate surface area is 300 Å². The highest BCUT2D eigenvalue weighted by atomic mass is 35.5. The molecule has 3 aliphatic heterocycles. The molecule has 3 saturated heterocycles. The predicted molar refractivity (Wildman–Crippen MR) is 175 cm³/mol. The van der Waals surface area contributed by atoms with Crippen molar-refractivity contribution < 1.29 is 73.8 Å². The Morgan fingerprint density at radius 2 is 1.55 bits per heavy atom. The number of aliphatic hydroxyl groups is 6. The van der Waals surface area contributed by atoms with E-state index in [9.17, 15) is 45.3 Å². The van der Waals surface area contributed by atoms with Gasteiger partial charge in [0.15, 0.2) is 18.7 Å². The van der Waals surface area contributed by atoms with E-state index in [0.29, 0.717) is 10.6 Å². The van der Waals surface area contributed by atoms with Crippen molar-refractivity contribution in [3.63, 3.8) is 0 Å². The van der Waals surface area contributed by atoms with Gasteiger partial charge in [-0.2, -0.15) is 0 Å². The number of aliphatic carboxylic acids is 1. The zero-order chi connectivity index (χ0) is 36.8. The van der Waals surface area contributed by atoms with Gasteiger partial charge in [-0.3, -0.25) is 4.79 Å². The summed E-state index contributed by atoms with van der Waals surface area (Å²) in [7, 11) is 0. The van der Waals surface area contributed by atoms with Gasteiger partial charge in [0.2, 0.25) is 0 Å². The predicted octanol–water partition coefficient (Wildman–Crippen LogP) is -0.296. The smallest absolute Gasteiger partial charge is 0.332 e. The molecule has 5 rings (SSSR count). The molecule has 1 amide bonds. The van der Waals surface area contributed by atoms with Crippen LogP contribution in [0.2, 0.25) is 5.02 Å². The van der Waals surface area contributed by atoms with Gasteiger partial charge in [-0.15, -0.1) is 0 Å². The second kappa shape index (κ2) is 18.3. The van der Waals surface area contributed by atoms with E-state index in [1.807, 2.05) is 0 Å². The molecule has 288 valence electrons. The Balaban J connectivity index is 1.34. The Hall–Kier alpha value is -2.03. The van der Waals surface area contributed by atoms with Crippen LogP contribution in [0.15, 0.2) is 24.3 Å². The van der Waals surface area contributed by atoms with Crippen LogP contribution in [-0.2, 0) is 33.2 Å². The summed E-state index contributed by atoms with van der Waals surface area (Å²) in [5, 5.41) is 77.1. The van der Waals surface area contributed by atoms with Gasteiger partial charge in [0, 0.05) is 23.7 Å². The lowest BCUT2D eigenvalue weighted by Crippen LogP contribution is -2.64. The van der Waals surface area contributed by atoms with E-state index in [4.69, 9.17) is 40.0 Å². The fraction of sp³-hybridized carbons (Fsp3) is 0.765. The molecule has 0 bridgehead atoms. The van der Waals surface area contributed by atoms with Gasteiger partial charge in [0.25, 0.3) is 5.91 Å². The number of benzene rings is 1. The van der Waals surface area contributed by atoms with E-state index < -0.39 is 104 Å². The summed E-state index contributed by atoms with van der Waals surface area (Å²) in [5.41, 5.74) is 0.318. The molecule has 4 aliphatic rings. The third-order valence-corrected chi connectivity index (χ3v) is 10.4. The number of carboxylic acid groups (broad SMARTS) is 1. The van der Waals surface area contributed by atoms with Gasteiger partial charge in [0.05, 0.1) is 18.8 Å². The number of amides is 1. The Kier molecular flexibility index (Phi) is 14.4. The molecule has 1 saturated carbocycles. The van der Waals surface area contributed by atoms with Crippen molar-refractivity contribution in [2.45, 2.75) is 138 Å². The molecule has 1 aliphatic carbocycles. The van der Waals surface area contributed by atoms with Crippen LogP contribution < -0.4 is 5.32 Å². The molecular weight excluding hydrogens is 698 g/mol. The van der Waals surface area contributed by atoms with Crippen molar-refractivity contribution in [2.24, 2.45) is 5.92 Å². The molecule has 51 heavy (non-hydrogen) atoms. The minimum atomic E-state index is -1.73. The highest BCUT2D eigenvalue weighted by molar-refractivity contribution is 6.30. The topological polar surface area (TPSA) is 243 Å². The molecule has 1 aromatic carbocycles. The third-order valence-electron chi connectivity index (χ3n) is 10.1. The van der Waals surface area contributed by atoms with Gasteiger partial charge in [-0.1, -0.05) is 43.7 Å². The van der Waals surface area contributed by atoms with Gasteiger partial charge >= 0.3 is 5.97 Å². The standard InChI is InChI=1S/C34H50ClNO15/c1-16-24(38)26(40)27(41)33(47-16)51-29-20(11-12-46-22(29)14-36-31(43)18-7-9-19(35)10-8-18)49-34-28(42)30(25(39)23(15-37)50-34)48-21(32(44)45)13-17-5-3-2-4-6-17/h7-10,16-17,20-30,33-34,37-42H,2-6,11-15H2,1H3,(H,36,43)(H,44,45)/t16-,20+,21+,22?,23+,24+,25-,26-,27+,28-,29-,30+,33-,34+/m1/s1. The molecule has 14 atom stereocenters. The summed E-state index contributed by atoms with van der Waals surface area (Å²) in [6, 6.07) is 6.19. The van der Waals surface area contributed by atoms with E-state index in [0.717, 1.165) is 32.1 Å². The van der Waals surface area contributed by atoms with Crippen LogP contribution in [0.1, 0.15) is 62.2 Å². The number of carbonyl (C=O) groups excluding carboxylic acids is 1. The SMILES string of the molecule is C[C@H]1O[C@H](O[C@H]2C(CNC(=O)c3ccc(Cl)cc3)OCC[C@@H]2O[C@H]2O[C@@H](CO)[C@@H](O)[C@H](O[C@@H](CC3CCCCC3)C(=O)O)[C@H]2O)[C@@H](O)[C@H](O)[C@H]1O. The first-order valence-corrected chi connectivity index (χ1v) is 17.9. The maximum absolute atomic E-state index is 12.9. The number of hydrogen-bond acceptors (Lipinski definition) is 14. The van der Waals surface area contributed by atoms with Crippen molar-refractivity contribution in [1.82, 2.24) is 5.32 Å². The summed E-state index contributed by atoms with van der Waals surface area (Å²) >= 11 is 5.95. The van der Waals surface area contributed by atoms with Gasteiger partial charge < -0.3 is 69.5 Å². The largest absolute Gasteiger partial charge is 0.479 e. The normalized spacial score (nSPS) is 38.5. The highest BCUT2D eigenvalue weighted by Crippen LogP contribution is 2.34. The first-order chi connectivity index (χ1) is 24.4. The molecule has 1 unspecified atom stereocenters. The summed E-state index contributed by atoms with van der Waals surface area (Å²) < 4.78 is 35.7. The molecule has 4 fully saturated rings. The number of hydrogen-bond donors (Lipinski definition) is 8. The molecule has 3 heterocycles. The number of nitrogens with one attached hydrogen (secondary N) is 1. The van der Waals surface area contributed by atoms with Crippen LogP contribution in [0.3, 0.4) is 0 Å². The van der Waals surface area contributed by atoms with E-state index in [1.165, 1.54) is 19.1 Å². The van der Waals surface area contributed by atoms with Crippen LogP contribution in [-0.4, -0.2) is 153 Å². The van der Waals surface area contributed by atoms with Crippen LogP contribution >= 0.6 is 11.6 Å². The van der Waals surface area contributed by atoms with Crippen LogP contribution in [0.25, 0.3) is 0 Å². The number of ether oxygens (including phenoxy) is 6. The first kappa shape index (κ1) is 40.2. The molecular formula is C34H50ClNO15. The summed E-state index contributed by atoms with van der Waals surface area (Å²) in [5.74, 6) is -1.60. The number of halogens is 1.